The summed E-state index contributed by atoms with van der Waals surface area (Å²) in [7, 11) is 0. The number of hydrogen-bond donors (Lipinski definition) is 2. The van der Waals surface area contributed by atoms with Crippen molar-refractivity contribution in [3.05, 3.63) is 24.3 Å². The van der Waals surface area contributed by atoms with E-state index in [1.165, 1.54) is 0 Å². The first kappa shape index (κ1) is 22.7. The lowest BCUT2D eigenvalue weighted by atomic mass is 9.84. The third-order valence-electron chi connectivity index (χ3n) is 6.05. The number of hydrogen-bond acceptors (Lipinski definition) is 5. The van der Waals surface area contributed by atoms with Crippen LogP contribution in [0.15, 0.2) is 24.3 Å². The predicted molar refractivity (Wildman–Crippen MR) is 108 cm³/mol. The summed E-state index contributed by atoms with van der Waals surface area (Å²) in [4.78, 5) is 36.7. The fourth-order valence-electron chi connectivity index (χ4n) is 4.43. The van der Waals surface area contributed by atoms with E-state index < -0.39 is 35.3 Å². The number of allylic oxidation sites excluding steroid dienone is 3. The molecule has 2 bridgehead atoms. The molecule has 0 spiro atoms. The average molecular weight is 391 g/mol. The zero-order valence-corrected chi connectivity index (χ0v) is 16.9. The van der Waals surface area contributed by atoms with Gasteiger partial charge in [0.2, 0.25) is 11.6 Å². The van der Waals surface area contributed by atoms with Crippen LogP contribution in [-0.2, 0) is 14.4 Å². The molecule has 2 saturated carbocycles. The summed E-state index contributed by atoms with van der Waals surface area (Å²) in [6.07, 6.45) is 14.8. The highest BCUT2D eigenvalue weighted by molar-refractivity contribution is 6.65. The van der Waals surface area contributed by atoms with E-state index in [4.69, 9.17) is 5.11 Å². The van der Waals surface area contributed by atoms with Gasteiger partial charge in [-0.2, -0.15) is 0 Å². The van der Waals surface area contributed by atoms with Crippen LogP contribution in [0.2, 0.25) is 0 Å². The standard InChI is InChI=1S/C23H34O5/c1-2-3-7-10-16(25)12-13-18-17(11-8-5-4-6-9-14-24)19-15-20(18)22(27)23(28)21(19)26/h8,11-13,16-20,24-25H,2-7,9-10,14-15H2,1H3/b11-8?,13-12+. The normalized spacial score (nSPS) is 28.8. The van der Waals surface area contributed by atoms with Crippen LogP contribution in [0.3, 0.4) is 0 Å². The van der Waals surface area contributed by atoms with Gasteiger partial charge in [-0.25, -0.2) is 0 Å². The van der Waals surface area contributed by atoms with Gasteiger partial charge in [-0.15, -0.1) is 0 Å². The molecule has 0 aromatic rings. The number of carbonyl (C=O) groups excluding carboxylic acids is 3. The molecule has 156 valence electrons. The largest absolute Gasteiger partial charge is 0.396 e. The van der Waals surface area contributed by atoms with Crippen molar-refractivity contribution < 1.29 is 24.6 Å². The minimum absolute atomic E-state index is 0.162. The maximum atomic E-state index is 12.3. The number of ketones is 3. The van der Waals surface area contributed by atoms with Crippen LogP contribution in [0.5, 0.6) is 0 Å². The lowest BCUT2D eigenvalue weighted by molar-refractivity contribution is -0.148. The second kappa shape index (κ2) is 11.4. The molecule has 5 atom stereocenters. The topological polar surface area (TPSA) is 91.7 Å². The molecule has 2 N–H and O–H groups in total. The second-order valence-corrected chi connectivity index (χ2v) is 8.11. The number of carbonyl (C=O) groups is 3. The Balaban J connectivity index is 2.07. The molecule has 5 heteroatoms. The summed E-state index contributed by atoms with van der Waals surface area (Å²) in [5.74, 6) is -3.19. The highest BCUT2D eigenvalue weighted by atomic mass is 16.3. The smallest absolute Gasteiger partial charge is 0.264 e. The van der Waals surface area contributed by atoms with E-state index in [2.05, 4.69) is 6.92 Å². The summed E-state index contributed by atoms with van der Waals surface area (Å²) in [5, 5.41) is 19.0. The van der Waals surface area contributed by atoms with Crippen LogP contribution in [-0.4, -0.2) is 40.3 Å². The van der Waals surface area contributed by atoms with Crippen molar-refractivity contribution >= 4 is 17.3 Å². The fraction of sp³-hybridized carbons (Fsp3) is 0.696. The molecule has 5 unspecified atom stereocenters. The van der Waals surface area contributed by atoms with Gasteiger partial charge in [-0.1, -0.05) is 56.9 Å². The van der Waals surface area contributed by atoms with Crippen molar-refractivity contribution in [3.63, 3.8) is 0 Å². The lowest BCUT2D eigenvalue weighted by Gasteiger charge is -2.17. The second-order valence-electron chi connectivity index (χ2n) is 8.11. The van der Waals surface area contributed by atoms with Crippen molar-refractivity contribution in [2.45, 2.75) is 70.8 Å². The minimum atomic E-state index is -0.845. The van der Waals surface area contributed by atoms with E-state index in [0.717, 1.165) is 44.9 Å². The van der Waals surface area contributed by atoms with E-state index in [1.807, 2.05) is 18.2 Å². The maximum Gasteiger partial charge on any atom is 0.264 e. The molecule has 0 aliphatic heterocycles. The molecule has 0 radical (unpaired) electrons. The number of rotatable bonds is 12. The zero-order valence-electron chi connectivity index (χ0n) is 16.9. The van der Waals surface area contributed by atoms with Gasteiger partial charge in [0.15, 0.2) is 0 Å². The number of aliphatic hydroxyl groups is 2. The molecule has 28 heavy (non-hydrogen) atoms. The van der Waals surface area contributed by atoms with E-state index in [9.17, 15) is 19.5 Å². The van der Waals surface area contributed by atoms with Crippen LogP contribution in [0.25, 0.3) is 0 Å². The van der Waals surface area contributed by atoms with Crippen LogP contribution < -0.4 is 0 Å². The Hall–Kier alpha value is -1.59. The number of aliphatic hydroxyl groups excluding tert-OH is 2. The first-order valence-electron chi connectivity index (χ1n) is 10.8. The van der Waals surface area contributed by atoms with E-state index in [-0.39, 0.29) is 18.4 Å². The Morgan fingerprint density at radius 2 is 1.64 bits per heavy atom. The highest BCUT2D eigenvalue weighted by Crippen LogP contribution is 2.47. The molecule has 2 aliphatic rings. The van der Waals surface area contributed by atoms with Crippen LogP contribution in [0, 0.1) is 23.7 Å². The molecule has 2 aliphatic carbocycles. The van der Waals surface area contributed by atoms with Crippen LogP contribution in [0.4, 0.5) is 0 Å². The minimum Gasteiger partial charge on any atom is -0.396 e. The van der Waals surface area contributed by atoms with Gasteiger partial charge >= 0.3 is 0 Å². The summed E-state index contributed by atoms with van der Waals surface area (Å²) in [5.41, 5.74) is 0. The van der Waals surface area contributed by atoms with Gasteiger partial charge in [0.25, 0.3) is 5.78 Å². The quantitative estimate of drug-likeness (QED) is 0.303. The van der Waals surface area contributed by atoms with Gasteiger partial charge in [-0.3, -0.25) is 14.4 Å². The van der Waals surface area contributed by atoms with Gasteiger partial charge in [0.1, 0.15) is 0 Å². The Kier molecular flexibility index (Phi) is 9.26. The molecule has 0 saturated heterocycles. The van der Waals surface area contributed by atoms with Gasteiger partial charge in [0, 0.05) is 18.4 Å². The SMILES string of the molecule is CCCCCC(O)/C=C/C1C2CC(C(=O)C(=O)C2=O)C1C=CCCCCCO. The van der Waals surface area contributed by atoms with Crippen molar-refractivity contribution in [2.24, 2.45) is 23.7 Å². The Morgan fingerprint density at radius 3 is 2.29 bits per heavy atom. The van der Waals surface area contributed by atoms with E-state index in [1.54, 1.807) is 6.08 Å². The van der Waals surface area contributed by atoms with E-state index in [0.29, 0.717) is 12.8 Å². The first-order valence-corrected chi connectivity index (χ1v) is 10.8. The van der Waals surface area contributed by atoms with Crippen molar-refractivity contribution in [3.8, 4) is 0 Å². The number of Topliss-reactive ketones (excluding diaryl/α,β-unsaturated/α-hetero) is 3. The highest BCUT2D eigenvalue weighted by Gasteiger charge is 2.55. The van der Waals surface area contributed by atoms with Crippen LogP contribution in [0.1, 0.15) is 64.7 Å². The molecule has 0 aromatic carbocycles. The molecule has 0 aromatic heterocycles. The molecule has 2 rings (SSSR count). The third kappa shape index (κ3) is 5.71. The lowest BCUT2D eigenvalue weighted by Crippen LogP contribution is -2.37. The van der Waals surface area contributed by atoms with Gasteiger partial charge < -0.3 is 10.2 Å². The number of fused-ring (bicyclic) bond motifs is 2. The maximum absolute atomic E-state index is 12.3. The Bertz CT molecular complexity index is 606. The summed E-state index contributed by atoms with van der Waals surface area (Å²) >= 11 is 0. The molecule has 0 amide bonds. The Morgan fingerprint density at radius 1 is 0.964 bits per heavy atom. The van der Waals surface area contributed by atoms with Crippen molar-refractivity contribution in [1.82, 2.24) is 0 Å². The van der Waals surface area contributed by atoms with Crippen molar-refractivity contribution in [2.75, 3.05) is 6.61 Å². The summed E-state index contributed by atoms with van der Waals surface area (Å²) < 4.78 is 0. The Labute approximate surface area is 167 Å². The molecular formula is C23H34O5. The fourth-order valence-corrected chi connectivity index (χ4v) is 4.43. The zero-order chi connectivity index (χ0) is 20.5. The predicted octanol–water partition coefficient (Wildman–Crippen LogP) is 3.18. The monoisotopic (exact) mass is 390 g/mol. The average Bonchev–Trinajstić information content (AvgIpc) is 3.02. The van der Waals surface area contributed by atoms with Gasteiger partial charge in [0.05, 0.1) is 6.10 Å². The molecule has 2 fully saturated rings. The summed E-state index contributed by atoms with van der Waals surface area (Å²) in [6, 6.07) is 0. The molecule has 5 nitrogen and oxygen atoms in total. The first-order chi connectivity index (χ1) is 13.5. The van der Waals surface area contributed by atoms with Crippen LogP contribution >= 0.6 is 0 Å². The molecular weight excluding hydrogens is 356 g/mol. The molecule has 0 heterocycles. The van der Waals surface area contributed by atoms with Crippen molar-refractivity contribution in [1.29, 1.82) is 0 Å². The summed E-state index contributed by atoms with van der Waals surface area (Å²) in [6.45, 7) is 2.31. The number of unbranched alkanes of at least 4 members (excludes halogenated alkanes) is 5. The third-order valence-corrected chi connectivity index (χ3v) is 6.05. The van der Waals surface area contributed by atoms with Gasteiger partial charge in [-0.05, 0) is 43.9 Å². The van der Waals surface area contributed by atoms with E-state index >= 15 is 0 Å².